The number of carbonyl (C=O) groups excluding carboxylic acids is 1. The van der Waals surface area contributed by atoms with Crippen molar-refractivity contribution >= 4 is 22.4 Å². The van der Waals surface area contributed by atoms with Crippen LogP contribution in [0.3, 0.4) is 0 Å². The van der Waals surface area contributed by atoms with Gasteiger partial charge in [0.2, 0.25) is 5.13 Å². The number of anilines is 1. The van der Waals surface area contributed by atoms with Crippen LogP contribution in [0.25, 0.3) is 5.69 Å². The summed E-state index contributed by atoms with van der Waals surface area (Å²) in [5, 5.41) is 23.1. The number of tetrazole rings is 1. The Bertz CT molecular complexity index is 781. The van der Waals surface area contributed by atoms with Gasteiger partial charge in [0.05, 0.1) is 11.3 Å². The van der Waals surface area contributed by atoms with Crippen LogP contribution < -0.4 is 5.32 Å². The minimum Gasteiger partial charge on any atom is -0.296 e. The molecular formula is C13H13N7OS. The van der Waals surface area contributed by atoms with Gasteiger partial charge in [0, 0.05) is 5.92 Å². The van der Waals surface area contributed by atoms with Crippen LogP contribution in [0.2, 0.25) is 0 Å². The third-order valence-corrected chi connectivity index (χ3v) is 4.04. The average molecular weight is 315 g/mol. The van der Waals surface area contributed by atoms with Crippen LogP contribution in [0.15, 0.2) is 30.6 Å². The molecule has 1 amide bonds. The van der Waals surface area contributed by atoms with Crippen molar-refractivity contribution in [2.24, 2.45) is 0 Å². The molecule has 1 aromatic carbocycles. The lowest BCUT2D eigenvalue weighted by molar-refractivity contribution is 0.102. The number of nitrogens with zero attached hydrogens (tertiary/aromatic N) is 6. The maximum atomic E-state index is 12.5. The molecular weight excluding hydrogens is 302 g/mol. The standard InChI is InChI=1S/C13H13N7OS/c1-8(2)12-16-17-13(22-12)15-11(21)9-5-3-4-6-10(9)20-7-14-18-19-20/h3-8H,1-2H3,(H,15,17,21). The quantitative estimate of drug-likeness (QED) is 0.789. The molecule has 8 nitrogen and oxygen atoms in total. The minimum absolute atomic E-state index is 0.275. The Balaban J connectivity index is 1.86. The Morgan fingerprint density at radius 2 is 2.09 bits per heavy atom. The molecule has 3 rings (SSSR count). The van der Waals surface area contributed by atoms with Crippen molar-refractivity contribution in [3.63, 3.8) is 0 Å². The van der Waals surface area contributed by atoms with E-state index >= 15 is 0 Å². The first-order valence-corrected chi connectivity index (χ1v) is 7.44. The van der Waals surface area contributed by atoms with Crippen LogP contribution in [-0.4, -0.2) is 36.3 Å². The largest absolute Gasteiger partial charge is 0.296 e. The molecule has 0 aliphatic carbocycles. The van der Waals surface area contributed by atoms with Crippen molar-refractivity contribution in [1.82, 2.24) is 30.4 Å². The van der Waals surface area contributed by atoms with Gasteiger partial charge in [-0.25, -0.2) is 0 Å². The highest BCUT2D eigenvalue weighted by Crippen LogP contribution is 2.23. The van der Waals surface area contributed by atoms with Gasteiger partial charge in [-0.3, -0.25) is 10.1 Å². The molecule has 0 fully saturated rings. The van der Waals surface area contributed by atoms with Crippen molar-refractivity contribution < 1.29 is 4.79 Å². The number of para-hydroxylation sites is 1. The highest BCUT2D eigenvalue weighted by atomic mass is 32.1. The minimum atomic E-state index is -0.280. The molecule has 9 heteroatoms. The van der Waals surface area contributed by atoms with Crippen molar-refractivity contribution in [3.05, 3.63) is 41.2 Å². The summed E-state index contributed by atoms with van der Waals surface area (Å²) < 4.78 is 1.44. The summed E-state index contributed by atoms with van der Waals surface area (Å²) in [6.45, 7) is 4.05. The topological polar surface area (TPSA) is 98.5 Å². The van der Waals surface area contributed by atoms with Crippen molar-refractivity contribution in [2.45, 2.75) is 19.8 Å². The number of benzene rings is 1. The zero-order chi connectivity index (χ0) is 15.5. The van der Waals surface area contributed by atoms with E-state index in [1.165, 1.54) is 22.3 Å². The van der Waals surface area contributed by atoms with Gasteiger partial charge in [-0.15, -0.1) is 15.3 Å². The predicted octanol–water partition coefficient (Wildman–Crippen LogP) is 1.89. The second-order valence-corrected chi connectivity index (χ2v) is 5.83. The van der Waals surface area contributed by atoms with Gasteiger partial charge in [0.1, 0.15) is 11.3 Å². The summed E-state index contributed by atoms with van der Waals surface area (Å²) in [4.78, 5) is 12.5. The monoisotopic (exact) mass is 315 g/mol. The molecule has 0 atom stereocenters. The van der Waals surface area contributed by atoms with Gasteiger partial charge in [-0.2, -0.15) is 4.68 Å². The highest BCUT2D eigenvalue weighted by Gasteiger charge is 2.16. The molecule has 0 spiro atoms. The molecule has 0 bridgehead atoms. The SMILES string of the molecule is CC(C)c1nnc(NC(=O)c2ccccc2-n2cnnn2)s1. The van der Waals surface area contributed by atoms with Crippen LogP contribution in [-0.2, 0) is 0 Å². The predicted molar refractivity (Wildman–Crippen MR) is 81.1 cm³/mol. The first-order chi connectivity index (χ1) is 10.6. The summed E-state index contributed by atoms with van der Waals surface area (Å²) in [5.41, 5.74) is 1.05. The maximum Gasteiger partial charge on any atom is 0.259 e. The average Bonchev–Trinajstić information content (AvgIpc) is 3.18. The van der Waals surface area contributed by atoms with Crippen molar-refractivity contribution in [3.8, 4) is 5.69 Å². The van der Waals surface area contributed by atoms with Gasteiger partial charge < -0.3 is 0 Å². The summed E-state index contributed by atoms with van der Waals surface area (Å²) >= 11 is 1.37. The summed E-state index contributed by atoms with van der Waals surface area (Å²) in [5.74, 6) is -0.00535. The zero-order valence-corrected chi connectivity index (χ0v) is 12.8. The molecule has 0 saturated carbocycles. The summed E-state index contributed by atoms with van der Waals surface area (Å²) in [6, 6.07) is 7.07. The Morgan fingerprint density at radius 3 is 2.77 bits per heavy atom. The Morgan fingerprint density at radius 1 is 1.27 bits per heavy atom. The number of aromatic nitrogens is 6. The third kappa shape index (κ3) is 2.84. The summed E-state index contributed by atoms with van der Waals surface area (Å²) in [6.07, 6.45) is 1.44. The van der Waals surface area contributed by atoms with Crippen LogP contribution >= 0.6 is 11.3 Å². The van der Waals surface area contributed by atoms with Crippen LogP contribution in [0.1, 0.15) is 35.1 Å². The molecule has 0 aliphatic heterocycles. The zero-order valence-electron chi connectivity index (χ0n) is 12.0. The third-order valence-electron chi connectivity index (χ3n) is 2.90. The van der Waals surface area contributed by atoms with E-state index in [0.29, 0.717) is 16.4 Å². The van der Waals surface area contributed by atoms with E-state index in [9.17, 15) is 4.79 Å². The molecule has 0 radical (unpaired) electrons. The van der Waals surface area contributed by atoms with Gasteiger partial charge in [-0.05, 0) is 22.6 Å². The van der Waals surface area contributed by atoms with Gasteiger partial charge >= 0.3 is 0 Å². The first-order valence-electron chi connectivity index (χ1n) is 6.62. The molecule has 0 aliphatic rings. The lowest BCUT2D eigenvalue weighted by Gasteiger charge is -2.07. The molecule has 3 aromatic rings. The second-order valence-electron chi connectivity index (χ2n) is 4.83. The number of hydrogen-bond donors (Lipinski definition) is 1. The van der Waals surface area contributed by atoms with Crippen LogP contribution in [0.4, 0.5) is 5.13 Å². The van der Waals surface area contributed by atoms with Crippen LogP contribution in [0, 0.1) is 0 Å². The number of nitrogens with one attached hydrogen (secondary N) is 1. The number of carbonyl (C=O) groups is 1. The van der Waals surface area contributed by atoms with Gasteiger partial charge in [-0.1, -0.05) is 37.3 Å². The molecule has 1 N–H and O–H groups in total. The van der Waals surface area contributed by atoms with Crippen molar-refractivity contribution in [1.29, 1.82) is 0 Å². The molecule has 0 unspecified atom stereocenters. The van der Waals surface area contributed by atoms with Crippen LogP contribution in [0.5, 0.6) is 0 Å². The number of hydrogen-bond acceptors (Lipinski definition) is 7. The fourth-order valence-electron chi connectivity index (χ4n) is 1.82. The second kappa shape index (κ2) is 5.98. The summed E-state index contributed by atoms with van der Waals surface area (Å²) in [7, 11) is 0. The molecule has 2 heterocycles. The van der Waals surface area contributed by atoms with Gasteiger partial charge in [0.15, 0.2) is 0 Å². The number of rotatable bonds is 4. The van der Waals surface area contributed by atoms with E-state index in [0.717, 1.165) is 5.01 Å². The molecule has 22 heavy (non-hydrogen) atoms. The lowest BCUT2D eigenvalue weighted by Crippen LogP contribution is -2.15. The van der Waals surface area contributed by atoms with E-state index in [1.54, 1.807) is 18.2 Å². The number of amides is 1. The van der Waals surface area contributed by atoms with E-state index in [1.807, 2.05) is 19.9 Å². The Kier molecular flexibility index (Phi) is 3.88. The molecule has 112 valence electrons. The van der Waals surface area contributed by atoms with Gasteiger partial charge in [0.25, 0.3) is 5.91 Å². The normalized spacial score (nSPS) is 10.9. The Hall–Kier alpha value is -2.68. The highest BCUT2D eigenvalue weighted by molar-refractivity contribution is 7.15. The molecule has 0 saturated heterocycles. The van der Waals surface area contributed by atoms with E-state index in [4.69, 9.17) is 0 Å². The van der Waals surface area contributed by atoms with Crippen molar-refractivity contribution in [2.75, 3.05) is 5.32 Å². The van der Waals surface area contributed by atoms with E-state index in [-0.39, 0.29) is 11.8 Å². The first kappa shape index (κ1) is 14.3. The lowest BCUT2D eigenvalue weighted by atomic mass is 10.1. The maximum absolute atomic E-state index is 12.5. The van der Waals surface area contributed by atoms with E-state index < -0.39 is 0 Å². The molecule has 2 aromatic heterocycles. The Labute approximate surface area is 130 Å². The fourth-order valence-corrected chi connectivity index (χ4v) is 2.56. The fraction of sp³-hybridized carbons (Fsp3) is 0.231. The van der Waals surface area contributed by atoms with E-state index in [2.05, 4.69) is 31.0 Å². The smallest absolute Gasteiger partial charge is 0.259 e.